The minimum atomic E-state index is -0.680. The molecule has 0 bridgehead atoms. The minimum absolute atomic E-state index is 0.0463. The maximum atomic E-state index is 11.2. The van der Waals surface area contributed by atoms with Crippen molar-refractivity contribution >= 4 is 17.8 Å². The predicted molar refractivity (Wildman–Crippen MR) is 44.8 cm³/mol. The van der Waals surface area contributed by atoms with Crippen molar-refractivity contribution in [3.8, 4) is 0 Å². The first-order valence-corrected chi connectivity index (χ1v) is 3.61. The molecule has 1 aliphatic rings. The monoisotopic (exact) mass is 179 g/mol. The average Bonchev–Trinajstić information content (AvgIpc) is 2.02. The van der Waals surface area contributed by atoms with Gasteiger partial charge in [0.15, 0.2) is 5.78 Å². The molecule has 1 aromatic rings. The Balaban J connectivity index is 2.87. The number of aromatic amines is 2. The molecule has 6 nitrogen and oxygen atoms in total. The van der Waals surface area contributed by atoms with Crippen molar-refractivity contribution in [1.29, 1.82) is 0 Å². The van der Waals surface area contributed by atoms with E-state index in [-0.39, 0.29) is 23.6 Å². The molecule has 0 saturated carbocycles. The zero-order valence-electron chi connectivity index (χ0n) is 6.46. The van der Waals surface area contributed by atoms with E-state index in [0.717, 1.165) is 0 Å². The molecule has 0 atom stereocenters. The maximum absolute atomic E-state index is 11.2. The Bertz CT molecular complexity index is 508. The zero-order valence-corrected chi connectivity index (χ0v) is 6.46. The summed E-state index contributed by atoms with van der Waals surface area (Å²) in [5, 5.41) is 0. The molecule has 0 saturated heterocycles. The van der Waals surface area contributed by atoms with Crippen LogP contribution in [0.3, 0.4) is 0 Å². The highest BCUT2D eigenvalue weighted by molar-refractivity contribution is 6.08. The standard InChI is InChI=1S/C7H5N3O3/c11-3-1-2-8-5-4(3)6(12)10-7(13)9-5/h2H,1H2,(H2,9,10,12,13). The molecule has 2 heterocycles. The maximum Gasteiger partial charge on any atom is 0.327 e. The van der Waals surface area contributed by atoms with Crippen molar-refractivity contribution in [2.45, 2.75) is 6.42 Å². The summed E-state index contributed by atoms with van der Waals surface area (Å²) in [5.41, 5.74) is -1.40. The van der Waals surface area contributed by atoms with Gasteiger partial charge in [-0.3, -0.25) is 19.6 Å². The van der Waals surface area contributed by atoms with E-state index < -0.39 is 11.2 Å². The van der Waals surface area contributed by atoms with Gasteiger partial charge in [-0.15, -0.1) is 0 Å². The molecule has 1 aromatic heterocycles. The Hall–Kier alpha value is -1.98. The molecule has 0 spiro atoms. The Labute approximate surface area is 71.3 Å². The van der Waals surface area contributed by atoms with E-state index in [0.29, 0.717) is 0 Å². The Morgan fingerprint density at radius 3 is 2.77 bits per heavy atom. The molecule has 2 N–H and O–H groups in total. The molecule has 0 aliphatic carbocycles. The summed E-state index contributed by atoms with van der Waals surface area (Å²) in [6, 6.07) is 0. The lowest BCUT2D eigenvalue weighted by molar-refractivity contribution is 0.0999. The number of ketones is 1. The molecular weight excluding hydrogens is 174 g/mol. The number of nitrogens with one attached hydrogen (secondary N) is 2. The van der Waals surface area contributed by atoms with Gasteiger partial charge < -0.3 is 0 Å². The normalized spacial score (nSPS) is 14.3. The number of carbonyl (C=O) groups excluding carboxylic acids is 1. The number of aliphatic imine (C=N–C) groups is 1. The summed E-state index contributed by atoms with van der Waals surface area (Å²) in [5.74, 6) is -0.285. The summed E-state index contributed by atoms with van der Waals surface area (Å²) < 4.78 is 0. The Kier molecular flexibility index (Phi) is 1.48. The van der Waals surface area contributed by atoms with Crippen LogP contribution in [-0.2, 0) is 0 Å². The third-order valence-corrected chi connectivity index (χ3v) is 1.70. The molecule has 0 radical (unpaired) electrons. The fourth-order valence-corrected chi connectivity index (χ4v) is 1.15. The fraction of sp³-hybridized carbons (Fsp3) is 0.143. The summed E-state index contributed by atoms with van der Waals surface area (Å²) in [6.45, 7) is 0. The second kappa shape index (κ2) is 2.51. The highest BCUT2D eigenvalue weighted by Gasteiger charge is 2.19. The smallest absolute Gasteiger partial charge is 0.293 e. The van der Waals surface area contributed by atoms with E-state index in [9.17, 15) is 14.4 Å². The molecule has 0 unspecified atom stereocenters. The molecule has 0 amide bonds. The van der Waals surface area contributed by atoms with E-state index in [1.807, 2.05) is 4.98 Å². The van der Waals surface area contributed by atoms with Gasteiger partial charge in [-0.25, -0.2) is 9.79 Å². The number of nitrogens with zero attached hydrogens (tertiary/aromatic N) is 1. The van der Waals surface area contributed by atoms with Crippen LogP contribution in [0.15, 0.2) is 14.6 Å². The van der Waals surface area contributed by atoms with Gasteiger partial charge in [0.2, 0.25) is 0 Å². The van der Waals surface area contributed by atoms with E-state index in [4.69, 9.17) is 0 Å². The molecule has 66 valence electrons. The summed E-state index contributed by atoms with van der Waals surface area (Å²) in [6.07, 6.45) is 1.46. The quantitative estimate of drug-likeness (QED) is 0.554. The highest BCUT2D eigenvalue weighted by Crippen LogP contribution is 2.14. The SMILES string of the molecule is O=C1CC=Nc2[nH]c(=O)[nH]c(=O)c21. The molecule has 2 rings (SSSR count). The molecule has 13 heavy (non-hydrogen) atoms. The topological polar surface area (TPSA) is 95.2 Å². The average molecular weight is 179 g/mol. The Morgan fingerprint density at radius 1 is 1.23 bits per heavy atom. The molecule has 0 fully saturated rings. The van der Waals surface area contributed by atoms with Gasteiger partial charge in [0, 0.05) is 12.6 Å². The van der Waals surface area contributed by atoms with Crippen LogP contribution in [0.25, 0.3) is 0 Å². The number of hydrogen-bond donors (Lipinski definition) is 2. The number of aromatic nitrogens is 2. The van der Waals surface area contributed by atoms with Crippen LogP contribution < -0.4 is 11.2 Å². The van der Waals surface area contributed by atoms with Crippen molar-refractivity contribution in [2.24, 2.45) is 4.99 Å². The summed E-state index contributed by atoms with van der Waals surface area (Å²) in [4.78, 5) is 41.1. The third kappa shape index (κ3) is 1.12. The van der Waals surface area contributed by atoms with Crippen molar-refractivity contribution in [3.05, 3.63) is 26.4 Å². The van der Waals surface area contributed by atoms with E-state index in [1.54, 1.807) is 0 Å². The van der Waals surface area contributed by atoms with Gasteiger partial charge in [0.1, 0.15) is 11.4 Å². The van der Waals surface area contributed by atoms with Gasteiger partial charge in [-0.05, 0) is 0 Å². The van der Waals surface area contributed by atoms with Crippen LogP contribution in [0.2, 0.25) is 0 Å². The number of carbonyl (C=O) groups is 1. The number of rotatable bonds is 0. The Morgan fingerprint density at radius 2 is 2.00 bits per heavy atom. The minimum Gasteiger partial charge on any atom is -0.293 e. The second-order valence-corrected chi connectivity index (χ2v) is 2.57. The van der Waals surface area contributed by atoms with Gasteiger partial charge >= 0.3 is 5.69 Å². The number of H-pyrrole nitrogens is 2. The van der Waals surface area contributed by atoms with Crippen molar-refractivity contribution in [1.82, 2.24) is 9.97 Å². The molecular formula is C7H5N3O3. The highest BCUT2D eigenvalue weighted by atomic mass is 16.2. The van der Waals surface area contributed by atoms with Gasteiger partial charge in [0.25, 0.3) is 5.56 Å². The van der Waals surface area contributed by atoms with E-state index in [2.05, 4.69) is 9.98 Å². The van der Waals surface area contributed by atoms with Crippen molar-refractivity contribution in [3.63, 3.8) is 0 Å². The van der Waals surface area contributed by atoms with Crippen molar-refractivity contribution < 1.29 is 4.79 Å². The third-order valence-electron chi connectivity index (χ3n) is 1.70. The first-order chi connectivity index (χ1) is 6.18. The molecule has 0 aromatic carbocycles. The van der Waals surface area contributed by atoms with E-state index >= 15 is 0 Å². The fourth-order valence-electron chi connectivity index (χ4n) is 1.15. The molecule has 6 heteroatoms. The largest absolute Gasteiger partial charge is 0.327 e. The first kappa shape index (κ1) is 7.66. The van der Waals surface area contributed by atoms with Crippen LogP contribution in [0.5, 0.6) is 0 Å². The number of fused-ring (bicyclic) bond motifs is 1. The van der Waals surface area contributed by atoms with Crippen molar-refractivity contribution in [2.75, 3.05) is 0 Å². The lowest BCUT2D eigenvalue weighted by Crippen LogP contribution is -2.29. The second-order valence-electron chi connectivity index (χ2n) is 2.57. The number of hydrogen-bond acceptors (Lipinski definition) is 4. The predicted octanol–water partition coefficient (Wildman–Crippen LogP) is -0.648. The van der Waals surface area contributed by atoms with E-state index in [1.165, 1.54) is 6.21 Å². The van der Waals surface area contributed by atoms with Crippen LogP contribution in [-0.4, -0.2) is 22.0 Å². The van der Waals surface area contributed by atoms with Crippen LogP contribution in [0, 0.1) is 0 Å². The summed E-state index contributed by atoms with van der Waals surface area (Å²) >= 11 is 0. The van der Waals surface area contributed by atoms with Crippen LogP contribution >= 0.6 is 0 Å². The summed E-state index contributed by atoms with van der Waals surface area (Å²) in [7, 11) is 0. The van der Waals surface area contributed by atoms with Gasteiger partial charge in [-0.1, -0.05) is 0 Å². The first-order valence-electron chi connectivity index (χ1n) is 3.61. The van der Waals surface area contributed by atoms with Crippen LogP contribution in [0.1, 0.15) is 16.8 Å². The lowest BCUT2D eigenvalue weighted by Gasteiger charge is -2.04. The van der Waals surface area contributed by atoms with Gasteiger partial charge in [0.05, 0.1) is 0 Å². The zero-order chi connectivity index (χ0) is 9.42. The molecule has 1 aliphatic heterocycles. The van der Waals surface area contributed by atoms with Gasteiger partial charge in [-0.2, -0.15) is 0 Å². The van der Waals surface area contributed by atoms with Crippen LogP contribution in [0.4, 0.5) is 5.82 Å². The number of Topliss-reactive ketones (excluding diaryl/α,β-unsaturated/α-hetero) is 1. The lowest BCUT2D eigenvalue weighted by atomic mass is 10.1.